The standard InChI is InChI=1S/C19H27N7OS/c1-5-27-11-15-24-16-17(25-15)19(20)23-12(2)18(16)28-13-6-7-14(22-10-13)21-8-9-26(3)4/h6-7,10H,5,8-9,11H2,1-4H3,(H2,20,23)(H,21,22)(H,24,25). The van der Waals surface area contributed by atoms with Crippen molar-refractivity contribution in [3.8, 4) is 0 Å². The average molecular weight is 402 g/mol. The van der Waals surface area contributed by atoms with E-state index in [0.717, 1.165) is 45.7 Å². The Balaban J connectivity index is 1.80. The number of aryl methyl sites for hydroxylation is 1. The second kappa shape index (κ2) is 9.22. The molecule has 0 fully saturated rings. The minimum atomic E-state index is 0.419. The second-order valence-corrected chi connectivity index (χ2v) is 7.75. The Hall–Kier alpha value is -2.36. The lowest BCUT2D eigenvalue weighted by molar-refractivity contribution is 0.129. The number of pyridine rings is 2. The van der Waals surface area contributed by atoms with Crippen molar-refractivity contribution in [2.75, 3.05) is 44.8 Å². The molecule has 0 aromatic carbocycles. The van der Waals surface area contributed by atoms with Gasteiger partial charge in [-0.15, -0.1) is 0 Å². The first kappa shape index (κ1) is 20.4. The highest BCUT2D eigenvalue weighted by Crippen LogP contribution is 2.36. The maximum absolute atomic E-state index is 6.08. The molecule has 3 aromatic rings. The summed E-state index contributed by atoms with van der Waals surface area (Å²) in [6, 6.07) is 4.04. The van der Waals surface area contributed by atoms with E-state index in [1.165, 1.54) is 0 Å². The van der Waals surface area contributed by atoms with E-state index in [4.69, 9.17) is 10.5 Å². The molecule has 28 heavy (non-hydrogen) atoms. The van der Waals surface area contributed by atoms with Gasteiger partial charge in [0.25, 0.3) is 0 Å². The van der Waals surface area contributed by atoms with Gasteiger partial charge >= 0.3 is 0 Å². The number of aromatic amines is 1. The van der Waals surface area contributed by atoms with Gasteiger partial charge in [0.2, 0.25) is 0 Å². The van der Waals surface area contributed by atoms with Crippen LogP contribution in [0.1, 0.15) is 18.4 Å². The molecule has 0 aliphatic carbocycles. The third-order valence-corrected chi connectivity index (χ3v) is 5.28. The number of hydrogen-bond acceptors (Lipinski definition) is 8. The summed E-state index contributed by atoms with van der Waals surface area (Å²) in [5.74, 6) is 2.04. The molecule has 0 aliphatic heterocycles. The van der Waals surface area contributed by atoms with Gasteiger partial charge in [0.15, 0.2) is 5.82 Å². The van der Waals surface area contributed by atoms with Crippen molar-refractivity contribution >= 4 is 34.4 Å². The van der Waals surface area contributed by atoms with Crippen LogP contribution < -0.4 is 11.1 Å². The zero-order valence-corrected chi connectivity index (χ0v) is 17.6. The molecular weight excluding hydrogens is 374 g/mol. The van der Waals surface area contributed by atoms with Crippen LogP contribution in [-0.4, -0.2) is 58.6 Å². The number of nitrogens with zero attached hydrogens (tertiary/aromatic N) is 4. The Morgan fingerprint density at radius 2 is 2.11 bits per heavy atom. The molecule has 0 saturated carbocycles. The molecule has 0 aliphatic rings. The third kappa shape index (κ3) is 4.92. The number of fused-ring (bicyclic) bond motifs is 1. The fourth-order valence-corrected chi connectivity index (χ4v) is 3.62. The van der Waals surface area contributed by atoms with Crippen molar-refractivity contribution in [2.24, 2.45) is 0 Å². The summed E-state index contributed by atoms with van der Waals surface area (Å²) < 4.78 is 5.46. The molecule has 0 unspecified atom stereocenters. The Labute approximate surface area is 169 Å². The molecule has 8 nitrogen and oxygen atoms in total. The maximum Gasteiger partial charge on any atom is 0.151 e. The van der Waals surface area contributed by atoms with Crippen LogP contribution in [0.3, 0.4) is 0 Å². The summed E-state index contributed by atoms with van der Waals surface area (Å²) in [5, 5.41) is 3.32. The summed E-state index contributed by atoms with van der Waals surface area (Å²) in [6.45, 7) is 6.76. The minimum absolute atomic E-state index is 0.419. The van der Waals surface area contributed by atoms with Crippen molar-refractivity contribution in [2.45, 2.75) is 30.2 Å². The molecule has 0 amide bonds. The maximum atomic E-state index is 6.08. The van der Waals surface area contributed by atoms with Crippen molar-refractivity contribution in [3.05, 3.63) is 29.8 Å². The number of nitrogens with two attached hydrogens (primary N) is 1. The van der Waals surface area contributed by atoms with Gasteiger partial charge < -0.3 is 25.7 Å². The number of aromatic nitrogens is 4. The number of anilines is 2. The molecule has 0 spiro atoms. The van der Waals surface area contributed by atoms with Gasteiger partial charge in [0.05, 0.1) is 16.1 Å². The van der Waals surface area contributed by atoms with Crippen molar-refractivity contribution in [3.63, 3.8) is 0 Å². The predicted octanol–water partition coefficient (Wildman–Crippen LogP) is 2.90. The van der Waals surface area contributed by atoms with Crippen LogP contribution in [0, 0.1) is 6.92 Å². The quantitative estimate of drug-likeness (QED) is 0.503. The van der Waals surface area contributed by atoms with Crippen LogP contribution in [0.4, 0.5) is 11.6 Å². The Morgan fingerprint density at radius 1 is 1.29 bits per heavy atom. The molecule has 4 N–H and O–H groups in total. The van der Waals surface area contributed by atoms with Crippen molar-refractivity contribution < 1.29 is 4.74 Å². The number of nitrogen functional groups attached to an aromatic ring is 1. The van der Waals surface area contributed by atoms with Crippen LogP contribution in [0.25, 0.3) is 11.0 Å². The van der Waals surface area contributed by atoms with Gasteiger partial charge in [0.1, 0.15) is 23.8 Å². The number of rotatable bonds is 9. The summed E-state index contributed by atoms with van der Waals surface area (Å²) in [6.07, 6.45) is 1.86. The van der Waals surface area contributed by atoms with Crippen molar-refractivity contribution in [1.29, 1.82) is 0 Å². The van der Waals surface area contributed by atoms with Crippen LogP contribution in [0.15, 0.2) is 28.1 Å². The van der Waals surface area contributed by atoms with Crippen LogP contribution >= 0.6 is 11.8 Å². The summed E-state index contributed by atoms with van der Waals surface area (Å²) >= 11 is 1.60. The van der Waals surface area contributed by atoms with Gasteiger partial charge in [0, 0.05) is 30.8 Å². The predicted molar refractivity (Wildman–Crippen MR) is 114 cm³/mol. The van der Waals surface area contributed by atoms with E-state index in [1.807, 2.05) is 40.2 Å². The van der Waals surface area contributed by atoms with E-state index >= 15 is 0 Å². The number of nitrogens with one attached hydrogen (secondary N) is 2. The summed E-state index contributed by atoms with van der Waals surface area (Å²) in [4.78, 5) is 21.0. The Morgan fingerprint density at radius 3 is 2.79 bits per heavy atom. The van der Waals surface area contributed by atoms with E-state index < -0.39 is 0 Å². The monoisotopic (exact) mass is 401 g/mol. The van der Waals surface area contributed by atoms with Crippen LogP contribution in [-0.2, 0) is 11.3 Å². The molecule has 0 saturated heterocycles. The number of H-pyrrole nitrogens is 1. The molecule has 3 aromatic heterocycles. The van der Waals surface area contributed by atoms with E-state index in [-0.39, 0.29) is 0 Å². The molecule has 0 atom stereocenters. The van der Waals surface area contributed by atoms with Gasteiger partial charge in [-0.3, -0.25) is 0 Å². The Kier molecular flexibility index (Phi) is 6.71. The van der Waals surface area contributed by atoms with E-state index in [0.29, 0.717) is 24.5 Å². The SMILES string of the molecule is CCOCc1nc2c(N)nc(C)c(Sc3ccc(NCCN(C)C)nc3)c2[nH]1. The lowest BCUT2D eigenvalue weighted by atomic mass is 10.3. The normalized spacial score (nSPS) is 11.5. The highest BCUT2D eigenvalue weighted by Gasteiger charge is 2.16. The van der Waals surface area contributed by atoms with Gasteiger partial charge in [-0.1, -0.05) is 11.8 Å². The minimum Gasteiger partial charge on any atom is -0.382 e. The first-order valence-electron chi connectivity index (χ1n) is 9.22. The Bertz CT molecular complexity index is 924. The van der Waals surface area contributed by atoms with Crippen LogP contribution in [0.5, 0.6) is 0 Å². The lowest BCUT2D eigenvalue weighted by Gasteiger charge is -2.11. The number of ether oxygens (including phenoxy) is 1. The first-order valence-corrected chi connectivity index (χ1v) is 10.0. The lowest BCUT2D eigenvalue weighted by Crippen LogP contribution is -2.21. The molecular formula is C19H27N7OS. The highest BCUT2D eigenvalue weighted by molar-refractivity contribution is 7.99. The largest absolute Gasteiger partial charge is 0.382 e. The number of likely N-dealkylation sites (N-methyl/N-ethyl adjacent to an activating group) is 1. The third-order valence-electron chi connectivity index (χ3n) is 4.10. The first-order chi connectivity index (χ1) is 13.5. The van der Waals surface area contributed by atoms with Gasteiger partial charge in [-0.25, -0.2) is 15.0 Å². The fraction of sp³-hybridized carbons (Fsp3) is 0.421. The molecule has 150 valence electrons. The molecule has 3 heterocycles. The highest BCUT2D eigenvalue weighted by atomic mass is 32.2. The zero-order valence-electron chi connectivity index (χ0n) is 16.7. The van der Waals surface area contributed by atoms with Crippen LogP contribution in [0.2, 0.25) is 0 Å². The molecule has 3 rings (SSSR count). The topological polar surface area (TPSA) is 105 Å². The molecule has 9 heteroatoms. The van der Waals surface area contributed by atoms with E-state index in [1.54, 1.807) is 11.8 Å². The average Bonchev–Trinajstić information content (AvgIpc) is 3.09. The summed E-state index contributed by atoms with van der Waals surface area (Å²) in [7, 11) is 4.10. The zero-order chi connectivity index (χ0) is 20.1. The van der Waals surface area contributed by atoms with Gasteiger partial charge in [-0.05, 0) is 40.1 Å². The fourth-order valence-electron chi connectivity index (χ4n) is 2.70. The smallest absolute Gasteiger partial charge is 0.151 e. The number of hydrogen-bond donors (Lipinski definition) is 3. The van der Waals surface area contributed by atoms with Crippen molar-refractivity contribution in [1.82, 2.24) is 24.8 Å². The van der Waals surface area contributed by atoms with E-state index in [9.17, 15) is 0 Å². The summed E-state index contributed by atoms with van der Waals surface area (Å²) in [5.41, 5.74) is 8.50. The number of imidazole rings is 1. The second-order valence-electron chi connectivity index (χ2n) is 6.67. The molecule has 0 radical (unpaired) electrons. The molecule has 0 bridgehead atoms. The van der Waals surface area contributed by atoms with Gasteiger partial charge in [-0.2, -0.15) is 0 Å². The van der Waals surface area contributed by atoms with E-state index in [2.05, 4.69) is 36.2 Å².